The van der Waals surface area contributed by atoms with Crippen LogP contribution < -0.4 is 16.8 Å². The Labute approximate surface area is 120 Å². The monoisotopic (exact) mass is 285 g/mol. The van der Waals surface area contributed by atoms with Crippen molar-refractivity contribution in [2.45, 2.75) is 25.7 Å². The molecule has 5 N–H and O–H groups in total. The summed E-state index contributed by atoms with van der Waals surface area (Å²) in [6.07, 6.45) is 4.49. The van der Waals surface area contributed by atoms with E-state index >= 15 is 0 Å². The zero-order chi connectivity index (χ0) is 14.8. The molecule has 0 aromatic carbocycles. The van der Waals surface area contributed by atoms with E-state index in [1.165, 1.54) is 12.8 Å². The Morgan fingerprint density at radius 2 is 1.70 bits per heavy atom. The molecular weight excluding hydrogens is 258 g/mol. The standard InChI is InChI=1S/C13H27N5O2/c14-5-2-1-3-6-17-7-4-8-18(10-9-17)11-12(19)16-13(15)20/h1-11,14H2,(H3,15,16,19,20). The molecule has 0 atom stereocenters. The number of nitrogens with one attached hydrogen (secondary N) is 1. The van der Waals surface area contributed by atoms with Crippen LogP contribution in [0.25, 0.3) is 0 Å². The highest BCUT2D eigenvalue weighted by atomic mass is 16.2. The van der Waals surface area contributed by atoms with Crippen molar-refractivity contribution in [1.82, 2.24) is 15.1 Å². The van der Waals surface area contributed by atoms with Gasteiger partial charge in [0.2, 0.25) is 5.91 Å². The van der Waals surface area contributed by atoms with E-state index in [2.05, 4.69) is 15.1 Å². The summed E-state index contributed by atoms with van der Waals surface area (Å²) in [5, 5.41) is 2.10. The van der Waals surface area contributed by atoms with Crippen LogP contribution in [0.2, 0.25) is 0 Å². The van der Waals surface area contributed by atoms with Crippen molar-refractivity contribution in [3.8, 4) is 0 Å². The summed E-state index contributed by atoms with van der Waals surface area (Å²) in [5.74, 6) is -0.325. The average molecular weight is 285 g/mol. The average Bonchev–Trinajstić information content (AvgIpc) is 2.59. The molecular formula is C13H27N5O2. The minimum absolute atomic E-state index is 0.240. The molecule has 20 heavy (non-hydrogen) atoms. The van der Waals surface area contributed by atoms with E-state index in [-0.39, 0.29) is 12.5 Å². The molecule has 7 nitrogen and oxygen atoms in total. The molecule has 3 amide bonds. The second-order valence-electron chi connectivity index (χ2n) is 5.23. The Morgan fingerprint density at radius 1 is 1.00 bits per heavy atom. The smallest absolute Gasteiger partial charge is 0.318 e. The number of hydrogen-bond donors (Lipinski definition) is 3. The minimum atomic E-state index is -0.786. The first kappa shape index (κ1) is 16.9. The third kappa shape index (κ3) is 7.42. The van der Waals surface area contributed by atoms with E-state index in [0.717, 1.165) is 52.1 Å². The molecule has 1 heterocycles. The van der Waals surface area contributed by atoms with E-state index in [4.69, 9.17) is 11.5 Å². The molecule has 0 aromatic heterocycles. The lowest BCUT2D eigenvalue weighted by molar-refractivity contribution is -0.121. The summed E-state index contributed by atoms with van der Waals surface area (Å²) in [7, 11) is 0. The summed E-state index contributed by atoms with van der Waals surface area (Å²) >= 11 is 0. The fourth-order valence-corrected chi connectivity index (χ4v) is 2.44. The Bertz CT molecular complexity index is 311. The second kappa shape index (κ2) is 9.68. The minimum Gasteiger partial charge on any atom is -0.351 e. The topological polar surface area (TPSA) is 105 Å². The van der Waals surface area contributed by atoms with E-state index in [9.17, 15) is 9.59 Å². The van der Waals surface area contributed by atoms with Crippen molar-refractivity contribution in [3.63, 3.8) is 0 Å². The Hall–Kier alpha value is -1.18. The third-order valence-electron chi connectivity index (χ3n) is 3.49. The van der Waals surface area contributed by atoms with E-state index in [0.29, 0.717) is 0 Å². The lowest BCUT2D eigenvalue weighted by Crippen LogP contribution is -2.43. The van der Waals surface area contributed by atoms with Crippen LogP contribution in [-0.2, 0) is 4.79 Å². The number of carbonyl (C=O) groups excluding carboxylic acids is 2. The summed E-state index contributed by atoms with van der Waals surface area (Å²) in [5.41, 5.74) is 10.4. The van der Waals surface area contributed by atoms with E-state index in [1.807, 2.05) is 0 Å². The summed E-state index contributed by atoms with van der Waals surface area (Å²) in [6, 6.07) is -0.786. The highest BCUT2D eigenvalue weighted by Gasteiger charge is 2.17. The molecule has 1 aliphatic rings. The second-order valence-corrected chi connectivity index (χ2v) is 5.23. The normalized spacial score (nSPS) is 17.6. The van der Waals surface area contributed by atoms with Gasteiger partial charge in [-0.1, -0.05) is 6.42 Å². The molecule has 0 spiro atoms. The number of nitrogens with two attached hydrogens (primary N) is 2. The predicted octanol–water partition coefficient (Wildman–Crippen LogP) is -0.682. The highest BCUT2D eigenvalue weighted by molar-refractivity contribution is 5.94. The van der Waals surface area contributed by atoms with Crippen LogP contribution in [0.1, 0.15) is 25.7 Å². The predicted molar refractivity (Wildman–Crippen MR) is 78.1 cm³/mol. The van der Waals surface area contributed by atoms with Gasteiger partial charge in [0.25, 0.3) is 0 Å². The van der Waals surface area contributed by atoms with E-state index in [1.54, 1.807) is 0 Å². The van der Waals surface area contributed by atoms with Gasteiger partial charge in [-0.2, -0.15) is 0 Å². The van der Waals surface area contributed by atoms with Gasteiger partial charge in [0.1, 0.15) is 0 Å². The van der Waals surface area contributed by atoms with Crippen LogP contribution in [0.5, 0.6) is 0 Å². The number of carbonyl (C=O) groups is 2. The van der Waals surface area contributed by atoms with Gasteiger partial charge in [0, 0.05) is 13.1 Å². The maximum Gasteiger partial charge on any atom is 0.318 e. The Morgan fingerprint density at radius 3 is 2.40 bits per heavy atom. The number of nitrogens with zero attached hydrogens (tertiary/aromatic N) is 2. The molecule has 116 valence electrons. The molecule has 0 aliphatic carbocycles. The third-order valence-corrected chi connectivity index (χ3v) is 3.49. The van der Waals surface area contributed by atoms with Gasteiger partial charge in [-0.15, -0.1) is 0 Å². The van der Waals surface area contributed by atoms with Gasteiger partial charge in [-0.3, -0.25) is 15.0 Å². The van der Waals surface area contributed by atoms with Crippen LogP contribution in [0.4, 0.5) is 4.79 Å². The molecule has 1 aliphatic heterocycles. The van der Waals surface area contributed by atoms with Crippen molar-refractivity contribution in [3.05, 3.63) is 0 Å². The van der Waals surface area contributed by atoms with E-state index < -0.39 is 6.03 Å². The van der Waals surface area contributed by atoms with Gasteiger partial charge < -0.3 is 16.4 Å². The number of imide groups is 1. The quantitative estimate of drug-likeness (QED) is 0.537. The van der Waals surface area contributed by atoms with Gasteiger partial charge in [-0.05, 0) is 45.4 Å². The molecule has 0 saturated carbocycles. The number of urea groups is 1. The number of rotatable bonds is 7. The maximum absolute atomic E-state index is 11.5. The zero-order valence-corrected chi connectivity index (χ0v) is 12.1. The van der Waals surface area contributed by atoms with Crippen LogP contribution >= 0.6 is 0 Å². The van der Waals surface area contributed by atoms with Crippen molar-refractivity contribution < 1.29 is 9.59 Å². The molecule has 1 saturated heterocycles. The number of amides is 3. The Balaban J connectivity index is 2.21. The number of unbranched alkanes of at least 4 members (excludes halogenated alkanes) is 2. The first-order valence-corrected chi connectivity index (χ1v) is 7.36. The van der Waals surface area contributed by atoms with Crippen LogP contribution in [0.3, 0.4) is 0 Å². The van der Waals surface area contributed by atoms with Crippen molar-refractivity contribution in [2.75, 3.05) is 45.8 Å². The largest absolute Gasteiger partial charge is 0.351 e. The molecule has 1 fully saturated rings. The lowest BCUT2D eigenvalue weighted by atomic mass is 10.2. The van der Waals surface area contributed by atoms with Crippen molar-refractivity contribution >= 4 is 11.9 Å². The lowest BCUT2D eigenvalue weighted by Gasteiger charge is -2.21. The van der Waals surface area contributed by atoms with Gasteiger partial charge in [0.15, 0.2) is 0 Å². The Kier molecular flexibility index (Phi) is 8.17. The fraction of sp³-hybridized carbons (Fsp3) is 0.846. The molecule has 1 rings (SSSR count). The molecule has 0 unspecified atom stereocenters. The van der Waals surface area contributed by atoms with Gasteiger partial charge >= 0.3 is 6.03 Å². The SMILES string of the molecule is NCCCCCN1CCCN(CC(=O)NC(N)=O)CC1. The first-order chi connectivity index (χ1) is 9.61. The highest BCUT2D eigenvalue weighted by Crippen LogP contribution is 2.05. The molecule has 0 aromatic rings. The maximum atomic E-state index is 11.5. The van der Waals surface area contributed by atoms with Crippen molar-refractivity contribution in [1.29, 1.82) is 0 Å². The van der Waals surface area contributed by atoms with Gasteiger partial charge in [0.05, 0.1) is 6.54 Å². The van der Waals surface area contributed by atoms with Gasteiger partial charge in [-0.25, -0.2) is 4.79 Å². The van der Waals surface area contributed by atoms with Crippen LogP contribution in [-0.4, -0.2) is 67.6 Å². The summed E-state index contributed by atoms with van der Waals surface area (Å²) < 4.78 is 0. The van der Waals surface area contributed by atoms with Crippen molar-refractivity contribution in [2.24, 2.45) is 11.5 Å². The van der Waals surface area contributed by atoms with Crippen LogP contribution in [0.15, 0.2) is 0 Å². The fourth-order valence-electron chi connectivity index (χ4n) is 2.44. The number of primary amides is 1. The van der Waals surface area contributed by atoms with Crippen LogP contribution in [0, 0.1) is 0 Å². The summed E-state index contributed by atoms with van der Waals surface area (Å²) in [6.45, 7) is 5.87. The zero-order valence-electron chi connectivity index (χ0n) is 12.1. The summed E-state index contributed by atoms with van der Waals surface area (Å²) in [4.78, 5) is 26.6. The molecule has 0 bridgehead atoms. The first-order valence-electron chi connectivity index (χ1n) is 7.36. The molecule has 0 radical (unpaired) electrons. The molecule has 7 heteroatoms. The number of hydrogen-bond acceptors (Lipinski definition) is 5.